The molecule has 0 aliphatic carbocycles. The molecular formula is C30H56O4S. The van der Waals surface area contributed by atoms with E-state index in [4.69, 9.17) is 17.5 Å². The van der Waals surface area contributed by atoms with Crippen LogP contribution in [0.5, 0.6) is 0 Å². The Hall–Kier alpha value is -0.910. The van der Waals surface area contributed by atoms with Gasteiger partial charge in [0.15, 0.2) is 0 Å². The predicted octanol–water partition coefficient (Wildman–Crippen LogP) is 9.96. The van der Waals surface area contributed by atoms with Crippen LogP contribution in [0.15, 0.2) is 24.3 Å². The summed E-state index contributed by atoms with van der Waals surface area (Å²) in [6, 6.07) is 9.26. The zero-order valence-electron chi connectivity index (χ0n) is 23.0. The molecule has 0 bridgehead atoms. The molecule has 35 heavy (non-hydrogen) atoms. The van der Waals surface area contributed by atoms with Gasteiger partial charge in [0.05, 0.1) is 0 Å². The molecule has 0 atom stereocenters. The molecule has 0 aliphatic rings. The van der Waals surface area contributed by atoms with E-state index in [1.54, 1.807) is 11.1 Å². The van der Waals surface area contributed by atoms with Gasteiger partial charge in [0, 0.05) is 0 Å². The van der Waals surface area contributed by atoms with E-state index in [1.807, 2.05) is 0 Å². The Bertz CT molecular complexity index is 622. The molecule has 0 aromatic heterocycles. The van der Waals surface area contributed by atoms with Crippen LogP contribution in [-0.2, 0) is 23.2 Å². The molecular weight excluding hydrogens is 456 g/mol. The van der Waals surface area contributed by atoms with E-state index in [0.717, 1.165) is 0 Å². The summed E-state index contributed by atoms with van der Waals surface area (Å²) in [6.07, 6.45) is 31.2. The fourth-order valence-corrected chi connectivity index (χ4v) is 4.65. The molecule has 1 rings (SSSR count). The fraction of sp³-hybridized carbons (Fsp3) is 0.800. The highest BCUT2D eigenvalue weighted by Crippen LogP contribution is 2.18. The highest BCUT2D eigenvalue weighted by atomic mass is 32.3. The minimum absolute atomic E-state index is 1.30. The average molecular weight is 513 g/mol. The lowest BCUT2D eigenvalue weighted by Crippen LogP contribution is -1.95. The Balaban J connectivity index is 0.00000209. The molecule has 0 aliphatic heterocycles. The van der Waals surface area contributed by atoms with Crippen molar-refractivity contribution < 1.29 is 17.5 Å². The number of rotatable bonds is 22. The van der Waals surface area contributed by atoms with Crippen LogP contribution in [0, 0.1) is 0 Å². The molecule has 0 heterocycles. The average Bonchev–Trinajstić information content (AvgIpc) is 2.81. The third-order valence-corrected chi connectivity index (χ3v) is 6.72. The van der Waals surface area contributed by atoms with Crippen LogP contribution < -0.4 is 0 Å². The van der Waals surface area contributed by atoms with E-state index in [1.165, 1.54) is 141 Å². The van der Waals surface area contributed by atoms with E-state index in [-0.39, 0.29) is 0 Å². The molecule has 1 aromatic carbocycles. The van der Waals surface area contributed by atoms with Gasteiger partial charge in [0.2, 0.25) is 0 Å². The lowest BCUT2D eigenvalue weighted by atomic mass is 9.96. The van der Waals surface area contributed by atoms with Crippen LogP contribution in [0.2, 0.25) is 0 Å². The van der Waals surface area contributed by atoms with Crippen molar-refractivity contribution in [1.82, 2.24) is 0 Å². The third-order valence-electron chi connectivity index (χ3n) is 6.72. The van der Waals surface area contributed by atoms with Crippen molar-refractivity contribution in [2.45, 2.75) is 155 Å². The van der Waals surface area contributed by atoms with Crippen LogP contribution in [0.3, 0.4) is 0 Å². The Labute approximate surface area is 218 Å². The summed E-state index contributed by atoms with van der Waals surface area (Å²) in [5.41, 5.74) is 3.26. The maximum atomic E-state index is 8.74. The summed E-state index contributed by atoms with van der Waals surface area (Å²) in [5, 5.41) is 0. The Kier molecular flexibility index (Phi) is 24.1. The van der Waals surface area contributed by atoms with Gasteiger partial charge in [-0.05, 0) is 36.8 Å². The highest BCUT2D eigenvalue weighted by molar-refractivity contribution is 7.79. The van der Waals surface area contributed by atoms with E-state index in [0.29, 0.717) is 0 Å². The molecule has 0 unspecified atom stereocenters. The van der Waals surface area contributed by atoms with Crippen LogP contribution in [0.1, 0.15) is 153 Å². The Morgan fingerprint density at radius 2 is 0.714 bits per heavy atom. The number of unbranched alkanes of at least 4 members (excludes halogenated alkanes) is 18. The van der Waals surface area contributed by atoms with Gasteiger partial charge in [0.25, 0.3) is 0 Å². The molecule has 4 nitrogen and oxygen atoms in total. The summed E-state index contributed by atoms with van der Waals surface area (Å²) in [5.74, 6) is 0. The van der Waals surface area contributed by atoms with Gasteiger partial charge in [-0.2, -0.15) is 8.42 Å². The van der Waals surface area contributed by atoms with Crippen molar-refractivity contribution in [2.24, 2.45) is 0 Å². The molecule has 206 valence electrons. The Morgan fingerprint density at radius 1 is 0.486 bits per heavy atom. The van der Waals surface area contributed by atoms with Crippen molar-refractivity contribution in [3.05, 3.63) is 35.4 Å². The Morgan fingerprint density at radius 3 is 0.971 bits per heavy atom. The number of benzene rings is 1. The molecule has 0 fully saturated rings. The van der Waals surface area contributed by atoms with E-state index < -0.39 is 10.4 Å². The van der Waals surface area contributed by atoms with Crippen molar-refractivity contribution >= 4 is 10.4 Å². The van der Waals surface area contributed by atoms with Gasteiger partial charge >= 0.3 is 10.4 Å². The SMILES string of the molecule is CCCCCCCCCCCCc1ccccc1CCCCCCCCCCCC.O=S(=O)(O)O. The zero-order chi connectivity index (χ0) is 26.0. The van der Waals surface area contributed by atoms with Gasteiger partial charge in [0.1, 0.15) is 0 Å². The first-order valence-corrected chi connectivity index (χ1v) is 16.0. The van der Waals surface area contributed by atoms with E-state index >= 15 is 0 Å². The third kappa shape index (κ3) is 27.5. The standard InChI is InChI=1S/C30H54.H2O4S/c1-3-5-7-9-11-13-15-17-19-21-25-29-27-23-24-28-30(29)26-22-20-18-16-14-12-10-8-6-4-2;1-5(2,3)4/h23-24,27-28H,3-22,25-26H2,1-2H3;(H2,1,2,3,4). The van der Waals surface area contributed by atoms with E-state index in [9.17, 15) is 0 Å². The second-order valence-corrected chi connectivity index (χ2v) is 11.0. The van der Waals surface area contributed by atoms with Crippen LogP contribution >= 0.6 is 0 Å². The summed E-state index contributed by atoms with van der Waals surface area (Å²) >= 11 is 0. The number of hydrogen-bond acceptors (Lipinski definition) is 2. The van der Waals surface area contributed by atoms with Crippen molar-refractivity contribution in [1.29, 1.82) is 0 Å². The first kappa shape index (κ1) is 34.1. The zero-order valence-corrected chi connectivity index (χ0v) is 23.8. The molecule has 0 spiro atoms. The smallest absolute Gasteiger partial charge is 0.264 e. The van der Waals surface area contributed by atoms with Gasteiger partial charge in [-0.1, -0.05) is 154 Å². The summed E-state index contributed by atoms with van der Waals surface area (Å²) in [7, 11) is -4.67. The van der Waals surface area contributed by atoms with Crippen molar-refractivity contribution in [3.63, 3.8) is 0 Å². The summed E-state index contributed by atoms with van der Waals surface area (Å²) < 4.78 is 31.6. The monoisotopic (exact) mass is 512 g/mol. The minimum Gasteiger partial charge on any atom is -0.264 e. The lowest BCUT2D eigenvalue weighted by molar-refractivity contribution is 0.381. The lowest BCUT2D eigenvalue weighted by Gasteiger charge is -2.10. The molecule has 0 saturated carbocycles. The van der Waals surface area contributed by atoms with E-state index in [2.05, 4.69) is 38.1 Å². The normalized spacial score (nSPS) is 11.3. The van der Waals surface area contributed by atoms with Gasteiger partial charge in [-0.15, -0.1) is 0 Å². The molecule has 0 radical (unpaired) electrons. The maximum Gasteiger partial charge on any atom is 0.394 e. The quantitative estimate of drug-likeness (QED) is 0.120. The first-order valence-electron chi connectivity index (χ1n) is 14.6. The molecule has 1 aromatic rings. The van der Waals surface area contributed by atoms with Crippen molar-refractivity contribution in [2.75, 3.05) is 0 Å². The molecule has 5 heteroatoms. The van der Waals surface area contributed by atoms with Gasteiger partial charge in [-0.25, -0.2) is 0 Å². The van der Waals surface area contributed by atoms with Crippen LogP contribution in [0.25, 0.3) is 0 Å². The predicted molar refractivity (Wildman–Crippen MR) is 152 cm³/mol. The second kappa shape index (κ2) is 24.8. The fourth-order valence-electron chi connectivity index (χ4n) is 4.65. The van der Waals surface area contributed by atoms with Gasteiger partial charge in [-0.3, -0.25) is 9.11 Å². The van der Waals surface area contributed by atoms with Crippen LogP contribution in [0.4, 0.5) is 0 Å². The topological polar surface area (TPSA) is 74.6 Å². The van der Waals surface area contributed by atoms with Gasteiger partial charge < -0.3 is 0 Å². The highest BCUT2D eigenvalue weighted by Gasteiger charge is 2.02. The number of hydrogen-bond donors (Lipinski definition) is 2. The largest absolute Gasteiger partial charge is 0.394 e. The number of aryl methyl sites for hydroxylation is 2. The molecule has 2 N–H and O–H groups in total. The molecule has 0 saturated heterocycles. The van der Waals surface area contributed by atoms with Crippen LogP contribution in [-0.4, -0.2) is 17.5 Å². The summed E-state index contributed by atoms with van der Waals surface area (Å²) in [4.78, 5) is 0. The molecule has 0 amide bonds. The first-order chi connectivity index (χ1) is 16.9. The second-order valence-electron chi connectivity index (χ2n) is 10.1. The maximum absolute atomic E-state index is 8.74. The summed E-state index contributed by atoms with van der Waals surface area (Å²) in [6.45, 7) is 4.60. The minimum atomic E-state index is -4.67. The van der Waals surface area contributed by atoms with Crippen molar-refractivity contribution in [3.8, 4) is 0 Å².